The molecule has 0 radical (unpaired) electrons. The van der Waals surface area contributed by atoms with Crippen LogP contribution in [0.4, 0.5) is 5.69 Å². The second-order valence-electron chi connectivity index (χ2n) is 5.16. The Morgan fingerprint density at radius 1 is 1.04 bits per heavy atom. The van der Waals surface area contributed by atoms with Gasteiger partial charge in [0, 0.05) is 0 Å². The summed E-state index contributed by atoms with van der Waals surface area (Å²) in [4.78, 5) is 23.8. The minimum Gasteiger partial charge on any atom is -0.497 e. The summed E-state index contributed by atoms with van der Waals surface area (Å²) in [6.45, 7) is 2.00. The van der Waals surface area contributed by atoms with Crippen LogP contribution in [0, 0.1) is 0 Å². The number of anilines is 1. The van der Waals surface area contributed by atoms with Gasteiger partial charge in [-0.05, 0) is 36.8 Å². The minimum absolute atomic E-state index is 0.0901. The monoisotopic (exact) mass is 343 g/mol. The Balaban J connectivity index is 1.82. The van der Waals surface area contributed by atoms with Gasteiger partial charge in [0.25, 0.3) is 5.91 Å². The van der Waals surface area contributed by atoms with Crippen molar-refractivity contribution in [1.82, 2.24) is 0 Å². The summed E-state index contributed by atoms with van der Waals surface area (Å²) in [6, 6.07) is 14.2. The molecule has 0 saturated heterocycles. The highest BCUT2D eigenvalue weighted by molar-refractivity contribution is 5.94. The van der Waals surface area contributed by atoms with Crippen molar-refractivity contribution < 1.29 is 23.8 Å². The molecule has 0 aliphatic carbocycles. The van der Waals surface area contributed by atoms with Gasteiger partial charge >= 0.3 is 5.97 Å². The molecule has 0 aliphatic heterocycles. The smallest absolute Gasteiger partial charge is 0.310 e. The predicted octanol–water partition coefficient (Wildman–Crippen LogP) is 2.82. The van der Waals surface area contributed by atoms with Crippen LogP contribution in [0.15, 0.2) is 48.5 Å². The zero-order chi connectivity index (χ0) is 18.1. The molecule has 0 aliphatic rings. The van der Waals surface area contributed by atoms with Crippen molar-refractivity contribution in [2.45, 2.75) is 13.3 Å². The van der Waals surface area contributed by atoms with E-state index in [1.165, 1.54) is 0 Å². The van der Waals surface area contributed by atoms with Crippen LogP contribution >= 0.6 is 0 Å². The summed E-state index contributed by atoms with van der Waals surface area (Å²) >= 11 is 0. The first kappa shape index (κ1) is 18.3. The van der Waals surface area contributed by atoms with Gasteiger partial charge in [0.05, 0.1) is 25.8 Å². The third-order valence-electron chi connectivity index (χ3n) is 3.33. The van der Waals surface area contributed by atoms with Crippen LogP contribution in [-0.4, -0.2) is 32.2 Å². The summed E-state index contributed by atoms with van der Waals surface area (Å²) in [6.07, 6.45) is 0.0901. The number of hydrogen-bond donors (Lipinski definition) is 1. The Kier molecular flexibility index (Phi) is 6.83. The van der Waals surface area contributed by atoms with E-state index in [1.807, 2.05) is 13.0 Å². The van der Waals surface area contributed by atoms with Crippen LogP contribution in [0.3, 0.4) is 0 Å². The fourth-order valence-electron chi connectivity index (χ4n) is 2.14. The summed E-state index contributed by atoms with van der Waals surface area (Å²) < 4.78 is 15.5. The van der Waals surface area contributed by atoms with E-state index in [9.17, 15) is 9.59 Å². The van der Waals surface area contributed by atoms with Gasteiger partial charge in [-0.25, -0.2) is 0 Å². The maximum absolute atomic E-state index is 11.9. The molecule has 1 amide bonds. The summed E-state index contributed by atoms with van der Waals surface area (Å²) in [7, 11) is 1.57. The molecule has 6 heteroatoms. The van der Waals surface area contributed by atoms with Crippen molar-refractivity contribution in [3.8, 4) is 11.5 Å². The van der Waals surface area contributed by atoms with Gasteiger partial charge in [0.15, 0.2) is 6.61 Å². The van der Waals surface area contributed by atoms with Crippen molar-refractivity contribution in [2.24, 2.45) is 0 Å². The molecule has 2 aromatic rings. The van der Waals surface area contributed by atoms with Crippen molar-refractivity contribution in [2.75, 3.05) is 25.6 Å². The minimum atomic E-state index is -0.474. The summed E-state index contributed by atoms with van der Waals surface area (Å²) in [5.41, 5.74) is 1.33. The number of esters is 1. The van der Waals surface area contributed by atoms with E-state index < -0.39 is 11.9 Å². The number of benzene rings is 2. The molecular formula is C19H21NO5. The molecule has 0 fully saturated rings. The summed E-state index contributed by atoms with van der Waals surface area (Å²) in [5, 5.41) is 2.67. The van der Waals surface area contributed by atoms with E-state index in [4.69, 9.17) is 14.2 Å². The molecule has 25 heavy (non-hydrogen) atoms. The Labute approximate surface area is 146 Å². The maximum Gasteiger partial charge on any atom is 0.310 e. The molecule has 0 heterocycles. The van der Waals surface area contributed by atoms with Crippen LogP contribution in [0.2, 0.25) is 0 Å². The topological polar surface area (TPSA) is 73.9 Å². The lowest BCUT2D eigenvalue weighted by Crippen LogP contribution is -2.22. The number of ether oxygens (including phenoxy) is 3. The SMILES string of the molecule is CCOc1ccccc1NC(=O)COC(=O)Cc1ccc(OC)cc1. The largest absolute Gasteiger partial charge is 0.497 e. The van der Waals surface area contributed by atoms with Gasteiger partial charge in [-0.3, -0.25) is 9.59 Å². The second-order valence-corrected chi connectivity index (χ2v) is 5.16. The third-order valence-corrected chi connectivity index (χ3v) is 3.33. The molecule has 0 atom stereocenters. The molecule has 2 aromatic carbocycles. The molecule has 1 N–H and O–H groups in total. The van der Waals surface area contributed by atoms with Crippen molar-refractivity contribution >= 4 is 17.6 Å². The van der Waals surface area contributed by atoms with Gasteiger partial charge in [0.2, 0.25) is 0 Å². The average Bonchev–Trinajstić information content (AvgIpc) is 2.62. The van der Waals surface area contributed by atoms with Crippen LogP contribution in [0.1, 0.15) is 12.5 Å². The van der Waals surface area contributed by atoms with Crippen LogP contribution in [0.25, 0.3) is 0 Å². The van der Waals surface area contributed by atoms with Gasteiger partial charge in [-0.1, -0.05) is 24.3 Å². The molecule has 6 nitrogen and oxygen atoms in total. The number of carbonyl (C=O) groups is 2. The van der Waals surface area contributed by atoms with Crippen LogP contribution in [0.5, 0.6) is 11.5 Å². The zero-order valence-corrected chi connectivity index (χ0v) is 14.3. The van der Waals surface area contributed by atoms with Gasteiger partial charge in [-0.2, -0.15) is 0 Å². The molecule has 0 unspecified atom stereocenters. The van der Waals surface area contributed by atoms with E-state index in [0.717, 1.165) is 5.56 Å². The number of rotatable bonds is 8. The quantitative estimate of drug-likeness (QED) is 0.746. The standard InChI is InChI=1S/C19H21NO5/c1-3-24-17-7-5-4-6-16(17)20-18(21)13-25-19(22)12-14-8-10-15(23-2)11-9-14/h4-11H,3,12-13H2,1-2H3,(H,20,21). The Morgan fingerprint density at radius 2 is 1.76 bits per heavy atom. The van der Waals surface area contributed by atoms with Gasteiger partial charge in [0.1, 0.15) is 11.5 Å². The molecular weight excluding hydrogens is 322 g/mol. The first-order valence-corrected chi connectivity index (χ1v) is 7.92. The maximum atomic E-state index is 11.9. The van der Waals surface area contributed by atoms with E-state index in [0.29, 0.717) is 23.8 Å². The first-order chi connectivity index (χ1) is 12.1. The summed E-state index contributed by atoms with van der Waals surface area (Å²) in [5.74, 6) is 0.390. The van der Waals surface area contributed by atoms with E-state index >= 15 is 0 Å². The lowest BCUT2D eigenvalue weighted by molar-refractivity contribution is -0.146. The molecule has 0 aromatic heterocycles. The number of methoxy groups -OCH3 is 1. The highest BCUT2D eigenvalue weighted by Gasteiger charge is 2.11. The highest BCUT2D eigenvalue weighted by Crippen LogP contribution is 2.23. The Hall–Kier alpha value is -3.02. The fourth-order valence-corrected chi connectivity index (χ4v) is 2.14. The lowest BCUT2D eigenvalue weighted by atomic mass is 10.1. The second kappa shape index (κ2) is 9.32. The number of nitrogens with one attached hydrogen (secondary N) is 1. The molecule has 0 saturated carbocycles. The zero-order valence-electron chi connectivity index (χ0n) is 14.3. The van der Waals surface area contributed by atoms with Gasteiger partial charge < -0.3 is 19.5 Å². The number of hydrogen-bond acceptors (Lipinski definition) is 5. The van der Waals surface area contributed by atoms with E-state index in [-0.39, 0.29) is 13.0 Å². The Bertz CT molecular complexity index is 712. The molecule has 2 rings (SSSR count). The van der Waals surface area contributed by atoms with Crippen LogP contribution in [-0.2, 0) is 20.7 Å². The normalized spacial score (nSPS) is 10.0. The van der Waals surface area contributed by atoms with Crippen LogP contribution < -0.4 is 14.8 Å². The van der Waals surface area contributed by atoms with Gasteiger partial charge in [-0.15, -0.1) is 0 Å². The molecule has 0 bridgehead atoms. The Morgan fingerprint density at radius 3 is 2.44 bits per heavy atom. The number of amides is 1. The molecule has 132 valence electrons. The average molecular weight is 343 g/mol. The molecule has 0 spiro atoms. The number of para-hydroxylation sites is 2. The van der Waals surface area contributed by atoms with E-state index in [1.54, 1.807) is 49.6 Å². The number of carbonyl (C=O) groups excluding carboxylic acids is 2. The lowest BCUT2D eigenvalue weighted by Gasteiger charge is -2.11. The van der Waals surface area contributed by atoms with Crippen molar-refractivity contribution in [1.29, 1.82) is 0 Å². The first-order valence-electron chi connectivity index (χ1n) is 7.92. The van der Waals surface area contributed by atoms with Crippen molar-refractivity contribution in [3.63, 3.8) is 0 Å². The van der Waals surface area contributed by atoms with Crippen molar-refractivity contribution in [3.05, 3.63) is 54.1 Å². The highest BCUT2D eigenvalue weighted by atomic mass is 16.5. The fraction of sp³-hybridized carbons (Fsp3) is 0.263. The third kappa shape index (κ3) is 5.84. The predicted molar refractivity (Wildman–Crippen MR) is 93.9 cm³/mol. The van der Waals surface area contributed by atoms with E-state index in [2.05, 4.69) is 5.32 Å².